The molecule has 1 aromatic rings. The molecule has 0 aromatic carbocycles. The molecule has 0 spiro atoms. The Labute approximate surface area is 141 Å². The van der Waals surface area contributed by atoms with Gasteiger partial charge in [-0.2, -0.15) is 5.26 Å². The predicted molar refractivity (Wildman–Crippen MR) is 98.1 cm³/mol. The van der Waals surface area contributed by atoms with Crippen molar-refractivity contribution in [2.24, 2.45) is 4.99 Å². The molecule has 5 nitrogen and oxygen atoms in total. The van der Waals surface area contributed by atoms with E-state index in [0.29, 0.717) is 18.5 Å². The highest BCUT2D eigenvalue weighted by Crippen LogP contribution is 2.26. The van der Waals surface area contributed by atoms with Gasteiger partial charge in [0.1, 0.15) is 6.07 Å². The zero-order valence-electron chi connectivity index (χ0n) is 12.8. The lowest BCUT2D eigenvalue weighted by atomic mass is 10.1. The smallest absolute Gasteiger partial charge is 0.103 e. The third-order valence-corrected chi connectivity index (χ3v) is 3.50. The number of allylic oxidation sites excluding steroid dienone is 2. The number of pyridine rings is 1. The van der Waals surface area contributed by atoms with Crippen LogP contribution < -0.4 is 10.6 Å². The molecule has 2 N–H and O–H groups in total. The van der Waals surface area contributed by atoms with E-state index in [9.17, 15) is 5.26 Å². The number of thiocarbonyl (C=S) groups is 1. The fraction of sp³-hybridized carbons (Fsp3) is 0.176. The highest BCUT2D eigenvalue weighted by atomic mass is 32.1. The lowest BCUT2D eigenvalue weighted by Crippen LogP contribution is -2.22. The summed E-state index contributed by atoms with van der Waals surface area (Å²) >= 11 is 4.65. The molecule has 0 saturated carbocycles. The number of nitrogens with one attached hydrogen (secondary N) is 2. The zero-order valence-corrected chi connectivity index (χ0v) is 13.7. The topological polar surface area (TPSA) is 73.1 Å². The fourth-order valence-electron chi connectivity index (χ4n) is 2.18. The number of rotatable bonds is 6. The first kappa shape index (κ1) is 16.6. The van der Waals surface area contributed by atoms with Crippen LogP contribution in [0.25, 0.3) is 6.08 Å². The lowest BCUT2D eigenvalue weighted by Gasteiger charge is -2.21. The van der Waals surface area contributed by atoms with E-state index in [2.05, 4.69) is 45.5 Å². The van der Waals surface area contributed by atoms with E-state index in [4.69, 9.17) is 0 Å². The summed E-state index contributed by atoms with van der Waals surface area (Å²) in [6, 6.07) is 5.97. The first-order chi connectivity index (χ1) is 11.2. The first-order valence-corrected chi connectivity index (χ1v) is 7.62. The number of aliphatic imine (C=N–C) groups is 1. The van der Waals surface area contributed by atoms with Crippen molar-refractivity contribution in [2.75, 3.05) is 11.9 Å². The summed E-state index contributed by atoms with van der Waals surface area (Å²) in [4.78, 5) is 8.18. The van der Waals surface area contributed by atoms with Crippen molar-refractivity contribution in [3.05, 3.63) is 53.1 Å². The van der Waals surface area contributed by atoms with E-state index >= 15 is 0 Å². The van der Waals surface area contributed by atoms with Gasteiger partial charge in [-0.1, -0.05) is 25.7 Å². The van der Waals surface area contributed by atoms with Crippen molar-refractivity contribution in [3.8, 4) is 6.07 Å². The van der Waals surface area contributed by atoms with Gasteiger partial charge in [0, 0.05) is 30.4 Å². The molecule has 0 radical (unpaired) electrons. The maximum absolute atomic E-state index is 9.23. The Hall–Kier alpha value is -2.78. The van der Waals surface area contributed by atoms with Gasteiger partial charge in [-0.3, -0.25) is 9.98 Å². The SMILES string of the molecule is C=C1Nc2cccnc2C=C1CNC(CC)=C(C#N)C=NC=S. The van der Waals surface area contributed by atoms with Gasteiger partial charge in [-0.05, 0) is 30.2 Å². The molecule has 1 aromatic heterocycles. The number of aromatic nitrogens is 1. The number of fused-ring (bicyclic) bond motifs is 1. The van der Waals surface area contributed by atoms with Crippen LogP contribution in [0.1, 0.15) is 19.0 Å². The van der Waals surface area contributed by atoms with E-state index in [0.717, 1.165) is 28.3 Å². The number of hydrogen-bond acceptors (Lipinski definition) is 5. The monoisotopic (exact) mass is 323 g/mol. The summed E-state index contributed by atoms with van der Waals surface area (Å²) in [7, 11) is 0. The number of nitrogens with zero attached hydrogens (tertiary/aromatic N) is 3. The number of hydrogen-bond donors (Lipinski definition) is 2. The molecule has 2 heterocycles. The van der Waals surface area contributed by atoms with Gasteiger partial charge in [0.05, 0.1) is 22.4 Å². The van der Waals surface area contributed by atoms with E-state index in [1.54, 1.807) is 6.20 Å². The molecule has 1 aliphatic heterocycles. The fourth-order valence-corrected chi connectivity index (χ4v) is 2.24. The first-order valence-electron chi connectivity index (χ1n) is 7.15. The molecule has 0 atom stereocenters. The second-order valence-corrected chi connectivity index (χ2v) is 5.01. The molecule has 0 aliphatic carbocycles. The van der Waals surface area contributed by atoms with Gasteiger partial charge in [-0.15, -0.1) is 0 Å². The van der Waals surface area contributed by atoms with Crippen LogP contribution in [0.3, 0.4) is 0 Å². The second-order valence-electron chi connectivity index (χ2n) is 4.80. The van der Waals surface area contributed by atoms with E-state index in [1.165, 1.54) is 11.7 Å². The van der Waals surface area contributed by atoms with E-state index in [-0.39, 0.29) is 0 Å². The van der Waals surface area contributed by atoms with Crippen molar-refractivity contribution >= 4 is 35.7 Å². The van der Waals surface area contributed by atoms with Crippen LogP contribution in [0.5, 0.6) is 0 Å². The summed E-state index contributed by atoms with van der Waals surface area (Å²) < 4.78 is 0. The van der Waals surface area contributed by atoms with Gasteiger partial charge >= 0.3 is 0 Å². The maximum Gasteiger partial charge on any atom is 0.103 e. The average molecular weight is 323 g/mol. The number of anilines is 1. The van der Waals surface area contributed by atoms with Crippen molar-refractivity contribution in [1.82, 2.24) is 10.3 Å². The quantitative estimate of drug-likeness (QED) is 0.478. The summed E-state index contributed by atoms with van der Waals surface area (Å²) in [6.45, 7) is 6.56. The Kier molecular flexibility index (Phi) is 5.78. The van der Waals surface area contributed by atoms with Crippen molar-refractivity contribution in [1.29, 1.82) is 5.26 Å². The molecule has 23 heavy (non-hydrogen) atoms. The second kappa shape index (κ2) is 8.01. The molecular weight excluding hydrogens is 306 g/mol. The van der Waals surface area contributed by atoms with Gasteiger partial charge in [0.15, 0.2) is 0 Å². The average Bonchev–Trinajstić information content (AvgIpc) is 2.58. The van der Waals surface area contributed by atoms with Gasteiger partial charge in [-0.25, -0.2) is 0 Å². The molecule has 0 fully saturated rings. The molecule has 1 aliphatic rings. The Balaban J connectivity index is 2.19. The molecule has 2 rings (SSSR count). The van der Waals surface area contributed by atoms with Crippen molar-refractivity contribution in [2.45, 2.75) is 13.3 Å². The number of nitriles is 1. The Morgan fingerprint density at radius 2 is 2.43 bits per heavy atom. The third-order valence-electron chi connectivity index (χ3n) is 3.38. The van der Waals surface area contributed by atoms with Crippen LogP contribution in [0.2, 0.25) is 0 Å². The van der Waals surface area contributed by atoms with Crippen LogP contribution in [0.4, 0.5) is 5.69 Å². The molecular formula is C17H17N5S. The molecule has 0 amide bonds. The predicted octanol–water partition coefficient (Wildman–Crippen LogP) is 3.21. The van der Waals surface area contributed by atoms with Crippen molar-refractivity contribution < 1.29 is 0 Å². The summed E-state index contributed by atoms with van der Waals surface area (Å²) in [6.07, 6.45) is 5.90. The largest absolute Gasteiger partial charge is 0.383 e. The van der Waals surface area contributed by atoms with Crippen LogP contribution >= 0.6 is 12.2 Å². The molecule has 0 unspecified atom stereocenters. The molecule has 6 heteroatoms. The summed E-state index contributed by atoms with van der Waals surface area (Å²) in [5, 5.41) is 15.8. The van der Waals surface area contributed by atoms with E-state index < -0.39 is 0 Å². The van der Waals surface area contributed by atoms with Gasteiger partial charge < -0.3 is 10.6 Å². The van der Waals surface area contributed by atoms with Crippen LogP contribution in [0.15, 0.2) is 52.4 Å². The van der Waals surface area contributed by atoms with Crippen molar-refractivity contribution in [3.63, 3.8) is 0 Å². The summed E-state index contributed by atoms with van der Waals surface area (Å²) in [5.41, 5.74) is 6.16. The van der Waals surface area contributed by atoms with Crippen LogP contribution in [-0.4, -0.2) is 23.2 Å². The Morgan fingerprint density at radius 3 is 3.13 bits per heavy atom. The lowest BCUT2D eigenvalue weighted by molar-refractivity contribution is 0.821. The Morgan fingerprint density at radius 1 is 1.61 bits per heavy atom. The minimum Gasteiger partial charge on any atom is -0.383 e. The third kappa shape index (κ3) is 4.11. The van der Waals surface area contributed by atoms with Crippen LogP contribution in [0, 0.1) is 11.3 Å². The zero-order chi connectivity index (χ0) is 16.7. The molecule has 0 bridgehead atoms. The highest BCUT2D eigenvalue weighted by molar-refractivity contribution is 7.78. The van der Waals surface area contributed by atoms with Gasteiger partial charge in [0.25, 0.3) is 0 Å². The van der Waals surface area contributed by atoms with E-state index in [1.807, 2.05) is 25.1 Å². The Bertz CT molecular complexity index is 752. The normalized spacial score (nSPS) is 14.3. The highest BCUT2D eigenvalue weighted by Gasteiger charge is 2.14. The molecule has 116 valence electrons. The van der Waals surface area contributed by atoms with Gasteiger partial charge in [0.2, 0.25) is 0 Å². The van der Waals surface area contributed by atoms with Crippen LogP contribution in [-0.2, 0) is 0 Å². The maximum atomic E-state index is 9.23. The standard InChI is InChI=1S/C17H17N5S/c1-3-15(14(8-18)9-19-11-23)21-10-13-7-17-16(22-12(13)2)5-4-6-20-17/h4-7,9,11,21-22H,2-3,10H2,1H3. The minimum atomic E-state index is 0.474. The molecule has 0 saturated heterocycles. The summed E-state index contributed by atoms with van der Waals surface area (Å²) in [5.74, 6) is 0. The minimum absolute atomic E-state index is 0.474.